The molecule has 0 saturated heterocycles. The summed E-state index contributed by atoms with van der Waals surface area (Å²) in [6.45, 7) is 0. The fourth-order valence-corrected chi connectivity index (χ4v) is 0.869. The predicted molar refractivity (Wildman–Crippen MR) is 50.1 cm³/mol. The lowest BCUT2D eigenvalue weighted by atomic mass is 10.1. The molecular formula is C10H9NO2. The van der Waals surface area contributed by atoms with Crippen molar-refractivity contribution in [3.63, 3.8) is 0 Å². The van der Waals surface area contributed by atoms with Crippen molar-refractivity contribution in [1.29, 1.82) is 0 Å². The SMILES string of the molecule is O=CN/C=C/c1ccc(C=O)cc1. The lowest BCUT2D eigenvalue weighted by molar-refractivity contribution is -0.108. The lowest BCUT2D eigenvalue weighted by Gasteiger charge is -1.92. The lowest BCUT2D eigenvalue weighted by Crippen LogP contribution is -1.97. The molecule has 0 aliphatic carbocycles. The summed E-state index contributed by atoms with van der Waals surface area (Å²) in [6, 6.07) is 7.03. The maximum Gasteiger partial charge on any atom is 0.211 e. The summed E-state index contributed by atoms with van der Waals surface area (Å²) in [7, 11) is 0. The maximum atomic E-state index is 10.3. The van der Waals surface area contributed by atoms with Crippen molar-refractivity contribution in [3.8, 4) is 0 Å². The first-order valence-electron chi connectivity index (χ1n) is 3.78. The molecule has 1 aromatic carbocycles. The number of nitrogens with one attached hydrogen (secondary N) is 1. The molecule has 0 aliphatic rings. The average Bonchev–Trinajstić information content (AvgIpc) is 2.19. The van der Waals surface area contributed by atoms with Gasteiger partial charge >= 0.3 is 0 Å². The Labute approximate surface area is 76.1 Å². The Bertz CT molecular complexity index is 314. The Morgan fingerprint density at radius 3 is 2.15 bits per heavy atom. The predicted octanol–water partition coefficient (Wildman–Crippen LogP) is 1.22. The fourth-order valence-electron chi connectivity index (χ4n) is 0.869. The van der Waals surface area contributed by atoms with E-state index in [1.165, 1.54) is 6.20 Å². The molecule has 0 aromatic heterocycles. The number of rotatable bonds is 4. The zero-order chi connectivity index (χ0) is 9.52. The fraction of sp³-hybridized carbons (Fsp3) is 0. The number of carbonyl (C=O) groups is 2. The van der Waals surface area contributed by atoms with Crippen molar-refractivity contribution in [3.05, 3.63) is 41.6 Å². The van der Waals surface area contributed by atoms with Gasteiger partial charge in [-0.25, -0.2) is 0 Å². The molecule has 0 heterocycles. The Hall–Kier alpha value is -1.90. The molecule has 0 atom stereocenters. The summed E-state index contributed by atoms with van der Waals surface area (Å²) >= 11 is 0. The van der Waals surface area contributed by atoms with E-state index in [1.54, 1.807) is 30.3 Å². The van der Waals surface area contributed by atoms with Crippen LogP contribution in [0.4, 0.5) is 0 Å². The standard InChI is InChI=1S/C10H9NO2/c12-7-10-3-1-9(2-4-10)5-6-11-8-13/h1-8H,(H,11,13)/b6-5+. The maximum absolute atomic E-state index is 10.3. The van der Waals surface area contributed by atoms with Crippen LogP contribution in [0.3, 0.4) is 0 Å². The monoisotopic (exact) mass is 175 g/mol. The van der Waals surface area contributed by atoms with Gasteiger partial charge in [-0.1, -0.05) is 24.3 Å². The van der Waals surface area contributed by atoms with Gasteiger partial charge in [0.15, 0.2) is 0 Å². The molecule has 0 unspecified atom stereocenters. The van der Waals surface area contributed by atoms with Gasteiger partial charge in [-0.05, 0) is 11.6 Å². The number of hydrogen-bond acceptors (Lipinski definition) is 2. The Kier molecular flexibility index (Phi) is 3.45. The minimum atomic E-state index is 0.594. The van der Waals surface area contributed by atoms with Crippen LogP contribution in [0.1, 0.15) is 15.9 Å². The van der Waals surface area contributed by atoms with Crippen molar-refractivity contribution in [1.82, 2.24) is 5.32 Å². The van der Waals surface area contributed by atoms with E-state index in [2.05, 4.69) is 5.32 Å². The van der Waals surface area contributed by atoms with Crippen LogP contribution in [0.2, 0.25) is 0 Å². The molecule has 3 nitrogen and oxygen atoms in total. The van der Waals surface area contributed by atoms with Gasteiger partial charge in [0.25, 0.3) is 0 Å². The van der Waals surface area contributed by atoms with E-state index in [9.17, 15) is 9.59 Å². The van der Waals surface area contributed by atoms with Crippen LogP contribution in [-0.2, 0) is 4.79 Å². The first-order chi connectivity index (χ1) is 6.36. The third-order valence-electron chi connectivity index (χ3n) is 1.51. The summed E-state index contributed by atoms with van der Waals surface area (Å²) < 4.78 is 0. The van der Waals surface area contributed by atoms with Gasteiger partial charge in [0.1, 0.15) is 6.29 Å². The van der Waals surface area contributed by atoms with E-state index >= 15 is 0 Å². The molecule has 1 rings (SSSR count). The third-order valence-corrected chi connectivity index (χ3v) is 1.51. The zero-order valence-corrected chi connectivity index (χ0v) is 6.94. The summed E-state index contributed by atoms with van der Waals surface area (Å²) in [5.74, 6) is 0. The largest absolute Gasteiger partial charge is 0.335 e. The van der Waals surface area contributed by atoms with Gasteiger partial charge in [-0.2, -0.15) is 0 Å². The van der Waals surface area contributed by atoms with E-state index < -0.39 is 0 Å². The highest BCUT2D eigenvalue weighted by Gasteiger charge is 1.88. The van der Waals surface area contributed by atoms with Crippen LogP contribution in [0, 0.1) is 0 Å². The molecule has 1 aromatic rings. The first-order valence-corrected chi connectivity index (χ1v) is 3.78. The molecule has 0 aliphatic heterocycles. The van der Waals surface area contributed by atoms with E-state index in [-0.39, 0.29) is 0 Å². The molecule has 0 fully saturated rings. The Balaban J connectivity index is 2.68. The Morgan fingerprint density at radius 2 is 1.62 bits per heavy atom. The van der Waals surface area contributed by atoms with Gasteiger partial charge in [0, 0.05) is 11.8 Å². The normalized spacial score (nSPS) is 9.85. The molecule has 13 heavy (non-hydrogen) atoms. The Morgan fingerprint density at radius 1 is 1.00 bits per heavy atom. The summed E-state index contributed by atoms with van der Waals surface area (Å²) in [5.41, 5.74) is 1.57. The molecular weight excluding hydrogens is 166 g/mol. The number of hydrogen-bond donors (Lipinski definition) is 1. The summed E-state index contributed by atoms with van der Waals surface area (Å²) in [6.07, 6.45) is 4.65. The number of amides is 1. The summed E-state index contributed by atoms with van der Waals surface area (Å²) in [5, 5.41) is 2.39. The van der Waals surface area contributed by atoms with Gasteiger partial charge in [0.2, 0.25) is 6.41 Å². The highest BCUT2D eigenvalue weighted by molar-refractivity contribution is 5.75. The highest BCUT2D eigenvalue weighted by Crippen LogP contribution is 2.03. The van der Waals surface area contributed by atoms with Gasteiger partial charge in [-0.15, -0.1) is 0 Å². The molecule has 0 bridgehead atoms. The molecule has 1 N–H and O–H groups in total. The smallest absolute Gasteiger partial charge is 0.211 e. The van der Waals surface area contributed by atoms with Crippen molar-refractivity contribution in [2.24, 2.45) is 0 Å². The second kappa shape index (κ2) is 4.87. The van der Waals surface area contributed by atoms with E-state index in [0.717, 1.165) is 11.8 Å². The number of aldehydes is 1. The minimum Gasteiger partial charge on any atom is -0.335 e. The number of benzene rings is 1. The van der Waals surface area contributed by atoms with Crippen molar-refractivity contribution >= 4 is 18.8 Å². The third kappa shape index (κ3) is 2.91. The van der Waals surface area contributed by atoms with Crippen molar-refractivity contribution in [2.75, 3.05) is 0 Å². The van der Waals surface area contributed by atoms with Crippen LogP contribution >= 0.6 is 0 Å². The topological polar surface area (TPSA) is 46.2 Å². The second-order valence-electron chi connectivity index (χ2n) is 2.40. The minimum absolute atomic E-state index is 0.594. The van der Waals surface area contributed by atoms with Gasteiger partial charge < -0.3 is 5.32 Å². The van der Waals surface area contributed by atoms with E-state index in [0.29, 0.717) is 12.0 Å². The van der Waals surface area contributed by atoms with Crippen LogP contribution in [0.15, 0.2) is 30.5 Å². The first kappa shape index (κ1) is 9.19. The summed E-state index contributed by atoms with van der Waals surface area (Å²) in [4.78, 5) is 20.2. The molecule has 0 radical (unpaired) electrons. The van der Waals surface area contributed by atoms with Crippen LogP contribution in [0.25, 0.3) is 6.08 Å². The van der Waals surface area contributed by atoms with Crippen LogP contribution in [0.5, 0.6) is 0 Å². The second-order valence-corrected chi connectivity index (χ2v) is 2.40. The van der Waals surface area contributed by atoms with Crippen LogP contribution < -0.4 is 5.32 Å². The van der Waals surface area contributed by atoms with Crippen LogP contribution in [-0.4, -0.2) is 12.7 Å². The molecule has 66 valence electrons. The van der Waals surface area contributed by atoms with Gasteiger partial charge in [-0.3, -0.25) is 9.59 Å². The van der Waals surface area contributed by atoms with Gasteiger partial charge in [0.05, 0.1) is 0 Å². The van der Waals surface area contributed by atoms with Crippen molar-refractivity contribution in [2.45, 2.75) is 0 Å². The molecule has 0 saturated carbocycles. The quantitative estimate of drug-likeness (QED) is 0.699. The highest BCUT2D eigenvalue weighted by atomic mass is 16.1. The molecule has 3 heteroatoms. The average molecular weight is 175 g/mol. The van der Waals surface area contributed by atoms with E-state index in [1.807, 2.05) is 0 Å². The zero-order valence-electron chi connectivity index (χ0n) is 6.94. The molecule has 1 amide bonds. The number of carbonyl (C=O) groups excluding carboxylic acids is 2. The van der Waals surface area contributed by atoms with E-state index in [4.69, 9.17) is 0 Å². The molecule has 0 spiro atoms. The van der Waals surface area contributed by atoms with Crippen molar-refractivity contribution < 1.29 is 9.59 Å².